The molecule has 1 fully saturated rings. The van der Waals surface area contributed by atoms with E-state index < -0.39 is 0 Å². The van der Waals surface area contributed by atoms with Gasteiger partial charge in [-0.2, -0.15) is 0 Å². The van der Waals surface area contributed by atoms with Gasteiger partial charge in [0.25, 0.3) is 5.91 Å². The topological polar surface area (TPSA) is 68.0 Å². The van der Waals surface area contributed by atoms with Crippen molar-refractivity contribution in [2.75, 3.05) is 5.73 Å². The van der Waals surface area contributed by atoms with Crippen molar-refractivity contribution in [3.05, 3.63) is 22.8 Å². The Morgan fingerprint density at radius 1 is 1.65 bits per heavy atom. The lowest BCUT2D eigenvalue weighted by molar-refractivity contribution is 0.0937. The van der Waals surface area contributed by atoms with Crippen molar-refractivity contribution in [1.82, 2.24) is 10.3 Å². The first-order valence-electron chi connectivity index (χ1n) is 5.78. The van der Waals surface area contributed by atoms with Gasteiger partial charge < -0.3 is 11.1 Å². The van der Waals surface area contributed by atoms with Crippen molar-refractivity contribution in [2.24, 2.45) is 5.92 Å². The van der Waals surface area contributed by atoms with Crippen molar-refractivity contribution < 1.29 is 4.79 Å². The predicted molar refractivity (Wildman–Crippen MR) is 67.9 cm³/mol. The molecule has 0 saturated heterocycles. The van der Waals surface area contributed by atoms with E-state index in [1.807, 2.05) is 6.92 Å². The molecule has 0 spiro atoms. The van der Waals surface area contributed by atoms with E-state index in [2.05, 4.69) is 10.3 Å². The van der Waals surface area contributed by atoms with Gasteiger partial charge in [0.15, 0.2) is 0 Å². The van der Waals surface area contributed by atoms with Gasteiger partial charge >= 0.3 is 0 Å². The lowest BCUT2D eigenvalue weighted by Gasteiger charge is -2.13. The Labute approximate surface area is 106 Å². The molecule has 4 nitrogen and oxygen atoms in total. The minimum absolute atomic E-state index is 0.144. The monoisotopic (exact) mass is 253 g/mol. The van der Waals surface area contributed by atoms with Crippen molar-refractivity contribution in [1.29, 1.82) is 0 Å². The van der Waals surface area contributed by atoms with Gasteiger partial charge in [0, 0.05) is 11.6 Å². The van der Waals surface area contributed by atoms with Gasteiger partial charge in [-0.1, -0.05) is 24.4 Å². The highest BCUT2D eigenvalue weighted by Crippen LogP contribution is 2.33. The number of amides is 1. The second-order valence-corrected chi connectivity index (χ2v) is 5.04. The van der Waals surface area contributed by atoms with Crippen LogP contribution in [0.4, 0.5) is 5.82 Å². The molecular formula is C12H16ClN3O. The van der Waals surface area contributed by atoms with Crippen molar-refractivity contribution in [3.8, 4) is 0 Å². The van der Waals surface area contributed by atoms with E-state index in [4.69, 9.17) is 17.3 Å². The maximum Gasteiger partial charge on any atom is 0.251 e. The second kappa shape index (κ2) is 4.92. The largest absolute Gasteiger partial charge is 0.384 e. The normalized spacial score (nSPS) is 16.6. The molecule has 1 unspecified atom stereocenters. The van der Waals surface area contributed by atoms with Crippen LogP contribution in [-0.2, 0) is 0 Å². The fraction of sp³-hybridized carbons (Fsp3) is 0.500. The molecule has 0 radical (unpaired) electrons. The zero-order chi connectivity index (χ0) is 12.4. The minimum Gasteiger partial charge on any atom is -0.384 e. The van der Waals surface area contributed by atoms with E-state index >= 15 is 0 Å². The second-order valence-electron chi connectivity index (χ2n) is 4.66. The SMILES string of the molecule is CC(CC1CC1)NC(=O)c1cc(N)nc(Cl)c1. The average molecular weight is 254 g/mol. The molecule has 1 heterocycles. The molecule has 3 N–H and O–H groups in total. The Balaban J connectivity index is 1.97. The first-order chi connectivity index (χ1) is 8.04. The standard InChI is InChI=1S/C12H16ClN3O/c1-7(4-8-2-3-8)15-12(17)9-5-10(13)16-11(14)6-9/h5-8H,2-4H2,1H3,(H2,14,16)(H,15,17). The van der Waals surface area contributed by atoms with Crippen molar-refractivity contribution in [2.45, 2.75) is 32.2 Å². The summed E-state index contributed by atoms with van der Waals surface area (Å²) < 4.78 is 0. The third-order valence-electron chi connectivity index (χ3n) is 2.84. The van der Waals surface area contributed by atoms with Crippen molar-refractivity contribution >= 4 is 23.3 Å². The number of anilines is 1. The maximum atomic E-state index is 11.9. The molecular weight excluding hydrogens is 238 g/mol. The predicted octanol–water partition coefficient (Wildman–Crippen LogP) is 2.24. The Morgan fingerprint density at radius 2 is 2.35 bits per heavy atom. The maximum absolute atomic E-state index is 11.9. The number of pyridine rings is 1. The fourth-order valence-corrected chi connectivity index (χ4v) is 2.08. The van der Waals surface area contributed by atoms with Crippen LogP contribution in [0.25, 0.3) is 0 Å². The van der Waals surface area contributed by atoms with Crippen LogP contribution in [0.15, 0.2) is 12.1 Å². The molecule has 0 bridgehead atoms. The number of aromatic nitrogens is 1. The number of hydrogen-bond acceptors (Lipinski definition) is 3. The van der Waals surface area contributed by atoms with Crippen LogP contribution in [0.2, 0.25) is 5.15 Å². The number of halogens is 1. The number of nitrogens with zero attached hydrogens (tertiary/aromatic N) is 1. The summed E-state index contributed by atoms with van der Waals surface area (Å²) in [6, 6.07) is 3.24. The quantitative estimate of drug-likeness (QED) is 0.809. The molecule has 0 aromatic carbocycles. The van der Waals surface area contributed by atoms with Crippen LogP contribution in [0.1, 0.15) is 36.5 Å². The van der Waals surface area contributed by atoms with Gasteiger partial charge in [0.1, 0.15) is 11.0 Å². The first-order valence-corrected chi connectivity index (χ1v) is 6.16. The summed E-state index contributed by atoms with van der Waals surface area (Å²) in [5, 5.41) is 3.18. The zero-order valence-electron chi connectivity index (χ0n) is 9.74. The number of nitrogens with one attached hydrogen (secondary N) is 1. The molecule has 92 valence electrons. The van der Waals surface area contributed by atoms with Crippen LogP contribution in [-0.4, -0.2) is 16.9 Å². The van der Waals surface area contributed by atoms with E-state index in [9.17, 15) is 4.79 Å². The number of carbonyl (C=O) groups excluding carboxylic acids is 1. The van der Waals surface area contributed by atoms with E-state index in [1.165, 1.54) is 25.0 Å². The number of nitrogens with two attached hydrogens (primary N) is 1. The molecule has 2 rings (SSSR count). The molecule has 5 heteroatoms. The van der Waals surface area contributed by atoms with Gasteiger partial charge in [-0.25, -0.2) is 4.98 Å². The first kappa shape index (κ1) is 12.2. The highest BCUT2D eigenvalue weighted by atomic mass is 35.5. The summed E-state index contributed by atoms with van der Waals surface area (Å²) in [5.41, 5.74) is 6.01. The lowest BCUT2D eigenvalue weighted by atomic mass is 10.1. The highest BCUT2D eigenvalue weighted by Gasteiger charge is 2.24. The molecule has 17 heavy (non-hydrogen) atoms. The number of nitrogen functional groups attached to an aromatic ring is 1. The molecule has 1 aromatic heterocycles. The highest BCUT2D eigenvalue weighted by molar-refractivity contribution is 6.29. The molecule has 1 aromatic rings. The van der Waals surface area contributed by atoms with E-state index in [1.54, 1.807) is 0 Å². The van der Waals surface area contributed by atoms with Gasteiger partial charge in [0.05, 0.1) is 0 Å². The van der Waals surface area contributed by atoms with E-state index in [0.717, 1.165) is 12.3 Å². The van der Waals surface area contributed by atoms with Gasteiger partial charge in [-0.15, -0.1) is 0 Å². The summed E-state index contributed by atoms with van der Waals surface area (Å²) in [4.78, 5) is 15.7. The summed E-state index contributed by atoms with van der Waals surface area (Å²) in [6.07, 6.45) is 3.61. The third kappa shape index (κ3) is 3.60. The third-order valence-corrected chi connectivity index (χ3v) is 3.03. The lowest BCUT2D eigenvalue weighted by Crippen LogP contribution is -2.33. The summed E-state index contributed by atoms with van der Waals surface area (Å²) in [5.74, 6) is 0.906. The van der Waals surface area contributed by atoms with Crippen LogP contribution < -0.4 is 11.1 Å². The summed E-state index contributed by atoms with van der Waals surface area (Å²) >= 11 is 5.75. The number of carbonyl (C=O) groups is 1. The van der Waals surface area contributed by atoms with Gasteiger partial charge in [0.2, 0.25) is 0 Å². The Bertz CT molecular complexity index is 412. The van der Waals surface area contributed by atoms with Crippen LogP contribution in [0.3, 0.4) is 0 Å². The Morgan fingerprint density at radius 3 is 2.94 bits per heavy atom. The molecule has 1 amide bonds. The fourth-order valence-electron chi connectivity index (χ4n) is 1.87. The molecule has 1 atom stereocenters. The van der Waals surface area contributed by atoms with Gasteiger partial charge in [-0.05, 0) is 31.4 Å². The molecule has 1 aliphatic carbocycles. The Kier molecular flexibility index (Phi) is 3.52. The number of rotatable bonds is 4. The minimum atomic E-state index is -0.144. The van der Waals surface area contributed by atoms with E-state index in [-0.39, 0.29) is 22.9 Å². The summed E-state index contributed by atoms with van der Waals surface area (Å²) in [7, 11) is 0. The summed E-state index contributed by atoms with van der Waals surface area (Å²) in [6.45, 7) is 2.02. The zero-order valence-corrected chi connectivity index (χ0v) is 10.5. The Hall–Kier alpha value is -1.29. The van der Waals surface area contributed by atoms with Crippen LogP contribution in [0, 0.1) is 5.92 Å². The van der Waals surface area contributed by atoms with Gasteiger partial charge in [-0.3, -0.25) is 4.79 Å². The smallest absolute Gasteiger partial charge is 0.251 e. The van der Waals surface area contributed by atoms with Crippen molar-refractivity contribution in [3.63, 3.8) is 0 Å². The van der Waals surface area contributed by atoms with Crippen LogP contribution >= 0.6 is 11.6 Å². The number of hydrogen-bond donors (Lipinski definition) is 2. The molecule has 0 aliphatic heterocycles. The average Bonchev–Trinajstić information content (AvgIpc) is 2.99. The molecule has 1 saturated carbocycles. The van der Waals surface area contributed by atoms with Crippen LogP contribution in [0.5, 0.6) is 0 Å². The molecule has 1 aliphatic rings. The van der Waals surface area contributed by atoms with E-state index in [0.29, 0.717) is 5.56 Å².